The summed E-state index contributed by atoms with van der Waals surface area (Å²) in [6.45, 7) is 2.10. The fourth-order valence-corrected chi connectivity index (χ4v) is 1.51. The predicted octanol–water partition coefficient (Wildman–Crippen LogP) is 4.03. The smallest absolute Gasteiger partial charge is 0.0405 e. The van der Waals surface area contributed by atoms with Crippen LogP contribution in [0.2, 0.25) is 5.02 Å². The van der Waals surface area contributed by atoms with Crippen molar-refractivity contribution >= 4 is 11.6 Å². The van der Waals surface area contributed by atoms with Crippen molar-refractivity contribution in [2.75, 3.05) is 0 Å². The van der Waals surface area contributed by atoms with Crippen molar-refractivity contribution in [3.05, 3.63) is 53.1 Å². The van der Waals surface area contributed by atoms with E-state index in [-0.39, 0.29) is 0 Å². The van der Waals surface area contributed by atoms with Crippen LogP contribution in [0.5, 0.6) is 0 Å². The van der Waals surface area contributed by atoms with Crippen LogP contribution in [0.15, 0.2) is 42.5 Å². The third-order valence-corrected chi connectivity index (χ3v) is 2.34. The molecule has 0 aliphatic carbocycles. The van der Waals surface area contributed by atoms with E-state index < -0.39 is 0 Å². The van der Waals surface area contributed by atoms with Gasteiger partial charge < -0.3 is 0 Å². The van der Waals surface area contributed by atoms with Crippen molar-refractivity contribution < 1.29 is 0 Å². The molecule has 0 radical (unpaired) electrons. The third kappa shape index (κ3) is 1.78. The first-order valence-electron chi connectivity index (χ1n) is 4.25. The van der Waals surface area contributed by atoms with E-state index in [2.05, 4.69) is 25.1 Å². The van der Waals surface area contributed by atoms with Crippen LogP contribution < -0.4 is 0 Å². The Bertz CT molecular complexity index is 395. The molecule has 0 unspecified atom stereocenters. The van der Waals surface area contributed by atoms with Gasteiger partial charge in [-0.15, -0.1) is 0 Å². The SMILES string of the molecule is C[c-]1ccc(-c2ccc(Cl)cc2)c1. The molecule has 1 heteroatoms. The maximum absolute atomic E-state index is 5.80. The first-order valence-corrected chi connectivity index (χ1v) is 4.63. The molecular weight excluding hydrogens is 180 g/mol. The van der Waals surface area contributed by atoms with Crippen LogP contribution in [0, 0.1) is 6.92 Å². The molecule has 0 aromatic heterocycles. The molecule has 2 aromatic carbocycles. The lowest BCUT2D eigenvalue weighted by Crippen LogP contribution is -1.71. The molecule has 13 heavy (non-hydrogen) atoms. The molecule has 0 atom stereocenters. The highest BCUT2D eigenvalue weighted by Crippen LogP contribution is 2.23. The van der Waals surface area contributed by atoms with Crippen LogP contribution in [0.4, 0.5) is 0 Å². The molecular formula is C12H10Cl-. The quantitative estimate of drug-likeness (QED) is 0.594. The lowest BCUT2D eigenvalue weighted by atomic mass is 10.1. The number of halogens is 1. The molecule has 0 saturated heterocycles. The van der Waals surface area contributed by atoms with Crippen LogP contribution in [-0.4, -0.2) is 0 Å². The van der Waals surface area contributed by atoms with Gasteiger partial charge in [-0.3, -0.25) is 0 Å². The number of hydrogen-bond donors (Lipinski definition) is 0. The molecule has 0 aliphatic heterocycles. The first kappa shape index (κ1) is 8.46. The van der Waals surface area contributed by atoms with Gasteiger partial charge in [-0.2, -0.15) is 23.3 Å². The van der Waals surface area contributed by atoms with Gasteiger partial charge in [0, 0.05) is 5.02 Å². The van der Waals surface area contributed by atoms with Crippen LogP contribution in [0.25, 0.3) is 11.1 Å². The zero-order valence-electron chi connectivity index (χ0n) is 7.42. The zero-order chi connectivity index (χ0) is 9.26. The van der Waals surface area contributed by atoms with Crippen LogP contribution in [-0.2, 0) is 0 Å². The van der Waals surface area contributed by atoms with E-state index in [0.717, 1.165) is 5.02 Å². The van der Waals surface area contributed by atoms with Gasteiger partial charge in [0.05, 0.1) is 0 Å². The van der Waals surface area contributed by atoms with Crippen molar-refractivity contribution in [2.24, 2.45) is 0 Å². The highest BCUT2D eigenvalue weighted by atomic mass is 35.5. The second-order valence-corrected chi connectivity index (χ2v) is 3.62. The van der Waals surface area contributed by atoms with Crippen molar-refractivity contribution in [1.29, 1.82) is 0 Å². The van der Waals surface area contributed by atoms with Gasteiger partial charge in [0.2, 0.25) is 0 Å². The van der Waals surface area contributed by atoms with Gasteiger partial charge >= 0.3 is 0 Å². The lowest BCUT2D eigenvalue weighted by Gasteiger charge is -2.04. The first-order chi connectivity index (χ1) is 6.25. The fraction of sp³-hybridized carbons (Fsp3) is 0.0833. The van der Waals surface area contributed by atoms with Crippen molar-refractivity contribution in [3.63, 3.8) is 0 Å². The Kier molecular flexibility index (Phi) is 2.15. The third-order valence-electron chi connectivity index (χ3n) is 2.09. The Balaban J connectivity index is 2.41. The lowest BCUT2D eigenvalue weighted by molar-refractivity contribution is 1.55. The summed E-state index contributed by atoms with van der Waals surface area (Å²) in [5.41, 5.74) is 3.77. The summed E-state index contributed by atoms with van der Waals surface area (Å²) in [5, 5.41) is 0.784. The minimum Gasteiger partial charge on any atom is -0.206 e. The highest BCUT2D eigenvalue weighted by Gasteiger charge is 1.90. The standard InChI is InChI=1S/C12H10Cl/c1-9-2-3-11(8-9)10-4-6-12(13)7-5-10/h2-8H,1H3/q-1. The molecule has 0 bridgehead atoms. The summed E-state index contributed by atoms with van der Waals surface area (Å²) in [5.74, 6) is 0. The fourth-order valence-electron chi connectivity index (χ4n) is 1.38. The monoisotopic (exact) mass is 189 g/mol. The average Bonchev–Trinajstić information content (AvgIpc) is 2.53. The number of aryl methyl sites for hydroxylation is 1. The Hall–Kier alpha value is -1.14. The van der Waals surface area contributed by atoms with Crippen LogP contribution in [0.3, 0.4) is 0 Å². The molecule has 2 rings (SSSR count). The summed E-state index contributed by atoms with van der Waals surface area (Å²) in [4.78, 5) is 0. The van der Waals surface area contributed by atoms with E-state index in [9.17, 15) is 0 Å². The second kappa shape index (κ2) is 3.31. The maximum atomic E-state index is 5.80. The average molecular weight is 190 g/mol. The molecule has 0 N–H and O–H groups in total. The molecule has 66 valence electrons. The molecule has 0 nitrogen and oxygen atoms in total. The van der Waals surface area contributed by atoms with E-state index in [1.807, 2.05) is 24.3 Å². The second-order valence-electron chi connectivity index (χ2n) is 3.18. The molecule has 0 amide bonds. The summed E-state index contributed by atoms with van der Waals surface area (Å²) in [6, 6.07) is 14.3. The summed E-state index contributed by atoms with van der Waals surface area (Å²) < 4.78 is 0. The number of benzene rings is 1. The van der Waals surface area contributed by atoms with Gasteiger partial charge in [0.25, 0.3) is 0 Å². The Labute approximate surface area is 83.1 Å². The molecule has 2 aromatic rings. The molecule has 0 spiro atoms. The van der Waals surface area contributed by atoms with Crippen LogP contribution >= 0.6 is 11.6 Å². The predicted molar refractivity (Wildman–Crippen MR) is 57.2 cm³/mol. The minimum atomic E-state index is 0.784. The topological polar surface area (TPSA) is 0 Å². The summed E-state index contributed by atoms with van der Waals surface area (Å²) in [6.07, 6.45) is 0. The van der Waals surface area contributed by atoms with E-state index in [1.165, 1.54) is 16.7 Å². The van der Waals surface area contributed by atoms with Crippen LogP contribution in [0.1, 0.15) is 5.56 Å². The van der Waals surface area contributed by atoms with Gasteiger partial charge in [-0.05, 0) is 12.1 Å². The largest absolute Gasteiger partial charge is 0.206 e. The maximum Gasteiger partial charge on any atom is 0.0405 e. The Morgan fingerprint density at radius 2 is 1.69 bits per heavy atom. The van der Waals surface area contributed by atoms with E-state index in [0.29, 0.717) is 0 Å². The Morgan fingerprint density at radius 3 is 2.23 bits per heavy atom. The summed E-state index contributed by atoms with van der Waals surface area (Å²) in [7, 11) is 0. The molecule has 0 fully saturated rings. The van der Waals surface area contributed by atoms with Gasteiger partial charge in [-0.1, -0.05) is 36.2 Å². The van der Waals surface area contributed by atoms with Crippen molar-refractivity contribution in [3.8, 4) is 11.1 Å². The number of rotatable bonds is 1. The van der Waals surface area contributed by atoms with Gasteiger partial charge in [0.15, 0.2) is 0 Å². The van der Waals surface area contributed by atoms with E-state index >= 15 is 0 Å². The number of hydrogen-bond acceptors (Lipinski definition) is 0. The van der Waals surface area contributed by atoms with Gasteiger partial charge in [-0.25, -0.2) is 6.07 Å². The van der Waals surface area contributed by atoms with E-state index in [4.69, 9.17) is 11.6 Å². The summed E-state index contributed by atoms with van der Waals surface area (Å²) >= 11 is 5.80. The zero-order valence-corrected chi connectivity index (χ0v) is 8.18. The van der Waals surface area contributed by atoms with E-state index in [1.54, 1.807) is 0 Å². The minimum absolute atomic E-state index is 0.784. The Morgan fingerprint density at radius 1 is 1.00 bits per heavy atom. The molecule has 0 saturated carbocycles. The van der Waals surface area contributed by atoms with Crippen molar-refractivity contribution in [1.82, 2.24) is 0 Å². The molecule has 0 heterocycles. The van der Waals surface area contributed by atoms with Crippen molar-refractivity contribution in [2.45, 2.75) is 6.92 Å². The van der Waals surface area contributed by atoms with Gasteiger partial charge in [0.1, 0.15) is 0 Å². The highest BCUT2D eigenvalue weighted by molar-refractivity contribution is 6.30. The molecule has 0 aliphatic rings. The normalized spacial score (nSPS) is 10.3.